The van der Waals surface area contributed by atoms with Gasteiger partial charge in [-0.05, 0) is 31.7 Å². The fourth-order valence-corrected chi connectivity index (χ4v) is 2.23. The topological polar surface area (TPSA) is 66.1 Å². The number of aromatic nitrogens is 1. The monoisotopic (exact) mass is 246 g/mol. The molecule has 0 bridgehead atoms. The molecule has 0 saturated heterocycles. The molecule has 1 aliphatic carbocycles. The lowest BCUT2D eigenvalue weighted by molar-refractivity contribution is 0.143. The predicted molar refractivity (Wildman–Crippen MR) is 66.9 cm³/mol. The molecule has 0 unspecified atom stereocenters. The molecule has 1 saturated carbocycles. The van der Waals surface area contributed by atoms with Crippen LogP contribution in [0.5, 0.6) is 5.88 Å². The Kier molecular flexibility index (Phi) is 4.54. The van der Waals surface area contributed by atoms with E-state index in [9.17, 15) is 5.11 Å². The van der Waals surface area contributed by atoms with Crippen LogP contribution in [0.1, 0.15) is 50.3 Å². The normalized spacial score (nSPS) is 18.0. The molecule has 0 aromatic carbocycles. The average molecular weight is 246 g/mol. The van der Waals surface area contributed by atoms with Gasteiger partial charge in [0.05, 0.1) is 18.2 Å². The highest BCUT2D eigenvalue weighted by atomic mass is 16.5. The summed E-state index contributed by atoms with van der Waals surface area (Å²) in [6.45, 7) is 0. The van der Waals surface area contributed by atoms with Gasteiger partial charge in [0, 0.05) is 6.07 Å². The van der Waals surface area contributed by atoms with E-state index in [0.29, 0.717) is 11.6 Å². The van der Waals surface area contributed by atoms with Crippen molar-refractivity contribution in [3.63, 3.8) is 0 Å². The van der Waals surface area contributed by atoms with E-state index in [1.807, 2.05) is 6.07 Å². The standard InChI is InChI=1S/C14H18N2O2/c15-10-9-13(17)12-7-4-8-14(16-12)18-11-5-2-1-3-6-11/h4,7-8,11,13,17H,1-3,5-6,9H2/t13-/m1/s1. The lowest BCUT2D eigenvalue weighted by atomic mass is 9.98. The van der Waals surface area contributed by atoms with Crippen molar-refractivity contribution in [1.82, 2.24) is 4.98 Å². The Labute approximate surface area is 107 Å². The van der Waals surface area contributed by atoms with E-state index in [4.69, 9.17) is 10.00 Å². The van der Waals surface area contributed by atoms with E-state index in [-0.39, 0.29) is 12.5 Å². The SMILES string of the molecule is N#CC[C@@H](O)c1cccc(OC2CCCCC2)n1. The maximum atomic E-state index is 9.71. The minimum absolute atomic E-state index is 0.0554. The van der Waals surface area contributed by atoms with Crippen LogP contribution in [-0.4, -0.2) is 16.2 Å². The van der Waals surface area contributed by atoms with Gasteiger partial charge in [-0.2, -0.15) is 5.26 Å². The zero-order chi connectivity index (χ0) is 12.8. The van der Waals surface area contributed by atoms with Crippen LogP contribution in [0.3, 0.4) is 0 Å². The Morgan fingerprint density at radius 3 is 2.89 bits per heavy atom. The van der Waals surface area contributed by atoms with Crippen molar-refractivity contribution in [2.24, 2.45) is 0 Å². The van der Waals surface area contributed by atoms with Gasteiger partial charge in [-0.3, -0.25) is 0 Å². The van der Waals surface area contributed by atoms with Crippen molar-refractivity contribution >= 4 is 0 Å². The molecule has 4 nitrogen and oxygen atoms in total. The number of pyridine rings is 1. The molecule has 0 spiro atoms. The van der Waals surface area contributed by atoms with Crippen LogP contribution in [0.15, 0.2) is 18.2 Å². The molecule has 1 aliphatic rings. The van der Waals surface area contributed by atoms with E-state index in [0.717, 1.165) is 12.8 Å². The molecule has 1 heterocycles. The third-order valence-electron chi connectivity index (χ3n) is 3.21. The summed E-state index contributed by atoms with van der Waals surface area (Å²) in [5.74, 6) is 0.552. The first-order valence-corrected chi connectivity index (χ1v) is 6.48. The molecule has 1 aromatic rings. The summed E-state index contributed by atoms with van der Waals surface area (Å²) in [5.41, 5.74) is 0.504. The largest absolute Gasteiger partial charge is 0.474 e. The summed E-state index contributed by atoms with van der Waals surface area (Å²) >= 11 is 0. The van der Waals surface area contributed by atoms with E-state index in [2.05, 4.69) is 4.98 Å². The molecule has 2 rings (SSSR count). The van der Waals surface area contributed by atoms with Gasteiger partial charge in [0.15, 0.2) is 0 Å². The van der Waals surface area contributed by atoms with Gasteiger partial charge < -0.3 is 9.84 Å². The maximum Gasteiger partial charge on any atom is 0.213 e. The predicted octanol–water partition coefficient (Wildman–Crippen LogP) is 2.74. The van der Waals surface area contributed by atoms with E-state index >= 15 is 0 Å². The van der Waals surface area contributed by atoms with Crippen molar-refractivity contribution in [3.8, 4) is 11.9 Å². The molecule has 0 amide bonds. The second-order valence-electron chi connectivity index (χ2n) is 4.66. The van der Waals surface area contributed by atoms with Crippen LogP contribution >= 0.6 is 0 Å². The first kappa shape index (κ1) is 12.8. The van der Waals surface area contributed by atoms with Gasteiger partial charge in [-0.15, -0.1) is 0 Å². The first-order chi connectivity index (χ1) is 8.79. The zero-order valence-corrected chi connectivity index (χ0v) is 10.4. The summed E-state index contributed by atoms with van der Waals surface area (Å²) in [6.07, 6.45) is 5.33. The zero-order valence-electron chi connectivity index (χ0n) is 10.4. The molecule has 1 aromatic heterocycles. The number of nitrogens with zero attached hydrogens (tertiary/aromatic N) is 2. The fraction of sp³-hybridized carbons (Fsp3) is 0.571. The summed E-state index contributed by atoms with van der Waals surface area (Å²) in [5, 5.41) is 18.3. The Balaban J connectivity index is 2.00. The summed E-state index contributed by atoms with van der Waals surface area (Å²) < 4.78 is 5.82. The summed E-state index contributed by atoms with van der Waals surface area (Å²) in [7, 11) is 0. The molecule has 1 atom stereocenters. The molecule has 4 heteroatoms. The summed E-state index contributed by atoms with van der Waals surface area (Å²) in [6, 6.07) is 7.26. The number of ether oxygens (including phenoxy) is 1. The van der Waals surface area contributed by atoms with E-state index in [1.165, 1.54) is 19.3 Å². The minimum atomic E-state index is -0.829. The Hall–Kier alpha value is -1.60. The number of nitriles is 1. The Bertz CT molecular complexity index is 422. The number of aliphatic hydroxyl groups is 1. The summed E-state index contributed by atoms with van der Waals surface area (Å²) in [4.78, 5) is 4.26. The van der Waals surface area contributed by atoms with Crippen molar-refractivity contribution < 1.29 is 9.84 Å². The number of rotatable bonds is 4. The fourth-order valence-electron chi connectivity index (χ4n) is 2.23. The highest BCUT2D eigenvalue weighted by molar-refractivity contribution is 5.18. The smallest absolute Gasteiger partial charge is 0.213 e. The maximum absolute atomic E-state index is 9.71. The van der Waals surface area contributed by atoms with Crippen molar-refractivity contribution in [2.45, 2.75) is 50.7 Å². The quantitative estimate of drug-likeness (QED) is 0.887. The van der Waals surface area contributed by atoms with Crippen LogP contribution < -0.4 is 4.74 Å². The number of hydrogen-bond acceptors (Lipinski definition) is 4. The first-order valence-electron chi connectivity index (χ1n) is 6.48. The van der Waals surface area contributed by atoms with Gasteiger partial charge in [0.2, 0.25) is 5.88 Å². The van der Waals surface area contributed by atoms with E-state index in [1.54, 1.807) is 18.2 Å². The molecule has 18 heavy (non-hydrogen) atoms. The lowest BCUT2D eigenvalue weighted by Crippen LogP contribution is -2.20. The number of aliphatic hydroxyl groups excluding tert-OH is 1. The molecule has 1 fully saturated rings. The van der Waals surface area contributed by atoms with Crippen molar-refractivity contribution in [3.05, 3.63) is 23.9 Å². The third kappa shape index (κ3) is 3.44. The minimum Gasteiger partial charge on any atom is -0.474 e. The highest BCUT2D eigenvalue weighted by Crippen LogP contribution is 2.23. The second kappa shape index (κ2) is 6.36. The van der Waals surface area contributed by atoms with Crippen LogP contribution in [0.4, 0.5) is 0 Å². The molecular formula is C14H18N2O2. The Morgan fingerprint density at radius 1 is 1.39 bits per heavy atom. The lowest BCUT2D eigenvalue weighted by Gasteiger charge is -2.22. The average Bonchev–Trinajstić information content (AvgIpc) is 2.40. The van der Waals surface area contributed by atoms with Crippen molar-refractivity contribution in [2.75, 3.05) is 0 Å². The van der Waals surface area contributed by atoms with E-state index < -0.39 is 6.10 Å². The highest BCUT2D eigenvalue weighted by Gasteiger charge is 2.16. The molecule has 0 radical (unpaired) electrons. The Morgan fingerprint density at radius 2 is 2.17 bits per heavy atom. The van der Waals surface area contributed by atoms with Crippen LogP contribution in [-0.2, 0) is 0 Å². The molecular weight excluding hydrogens is 228 g/mol. The second-order valence-corrected chi connectivity index (χ2v) is 4.66. The van der Waals surface area contributed by atoms with Crippen LogP contribution in [0.25, 0.3) is 0 Å². The van der Waals surface area contributed by atoms with Gasteiger partial charge in [0.25, 0.3) is 0 Å². The number of hydrogen-bond donors (Lipinski definition) is 1. The molecule has 96 valence electrons. The van der Waals surface area contributed by atoms with Gasteiger partial charge in [0.1, 0.15) is 12.2 Å². The van der Waals surface area contributed by atoms with Gasteiger partial charge >= 0.3 is 0 Å². The van der Waals surface area contributed by atoms with Crippen LogP contribution in [0, 0.1) is 11.3 Å². The van der Waals surface area contributed by atoms with Crippen LogP contribution in [0.2, 0.25) is 0 Å². The third-order valence-corrected chi connectivity index (χ3v) is 3.21. The van der Waals surface area contributed by atoms with Gasteiger partial charge in [-0.25, -0.2) is 4.98 Å². The molecule has 1 N–H and O–H groups in total. The van der Waals surface area contributed by atoms with Gasteiger partial charge in [-0.1, -0.05) is 12.5 Å². The molecule has 0 aliphatic heterocycles. The van der Waals surface area contributed by atoms with Crippen molar-refractivity contribution in [1.29, 1.82) is 5.26 Å².